The predicted octanol–water partition coefficient (Wildman–Crippen LogP) is 3.76. The Morgan fingerprint density at radius 2 is 1.70 bits per heavy atom. The van der Waals surface area contributed by atoms with Gasteiger partial charge in [-0.2, -0.15) is 0 Å². The van der Waals surface area contributed by atoms with Crippen molar-refractivity contribution in [3.8, 4) is 5.75 Å². The molecule has 0 aliphatic carbocycles. The summed E-state index contributed by atoms with van der Waals surface area (Å²) < 4.78 is 6.04. The van der Waals surface area contributed by atoms with Crippen LogP contribution in [-0.4, -0.2) is 71.0 Å². The van der Waals surface area contributed by atoms with Crippen molar-refractivity contribution >= 4 is 51.5 Å². The number of urea groups is 1. The highest BCUT2D eigenvalue weighted by Gasteiger charge is 2.24. The molecule has 0 bridgehead atoms. The van der Waals surface area contributed by atoms with Gasteiger partial charge in [-0.3, -0.25) is 4.79 Å². The van der Waals surface area contributed by atoms with Crippen LogP contribution < -0.4 is 15.4 Å². The van der Waals surface area contributed by atoms with E-state index in [2.05, 4.69) is 20.8 Å². The normalized spacial score (nSPS) is 13.5. The zero-order chi connectivity index (χ0) is 23.0. The van der Waals surface area contributed by atoms with E-state index in [4.69, 9.17) is 4.74 Å². The molecule has 33 heavy (non-hydrogen) atoms. The molecule has 9 nitrogen and oxygen atoms in total. The van der Waals surface area contributed by atoms with Gasteiger partial charge >= 0.3 is 6.03 Å². The molecule has 2 aromatic carbocycles. The molecule has 0 saturated carbocycles. The minimum absolute atomic E-state index is 0.0255. The topological polar surface area (TPSA) is 99.7 Å². The van der Waals surface area contributed by atoms with E-state index in [0.29, 0.717) is 41.4 Å². The van der Waals surface area contributed by atoms with E-state index in [9.17, 15) is 9.59 Å². The van der Waals surface area contributed by atoms with Crippen molar-refractivity contribution in [2.24, 2.45) is 0 Å². The second-order valence-corrected chi connectivity index (χ2v) is 9.35. The van der Waals surface area contributed by atoms with E-state index >= 15 is 0 Å². The Kier molecular flexibility index (Phi) is 7.63. The van der Waals surface area contributed by atoms with Gasteiger partial charge in [-0.25, -0.2) is 4.79 Å². The van der Waals surface area contributed by atoms with Crippen molar-refractivity contribution in [2.75, 3.05) is 49.7 Å². The van der Waals surface area contributed by atoms with E-state index in [1.165, 1.54) is 23.1 Å². The lowest BCUT2D eigenvalue weighted by Gasteiger charge is -2.34. The third kappa shape index (κ3) is 6.14. The first-order valence-corrected chi connectivity index (χ1v) is 12.2. The molecule has 3 aromatic rings. The second kappa shape index (κ2) is 11.0. The van der Waals surface area contributed by atoms with Gasteiger partial charge < -0.3 is 25.2 Å². The van der Waals surface area contributed by atoms with Crippen molar-refractivity contribution in [1.29, 1.82) is 0 Å². The van der Waals surface area contributed by atoms with Crippen LogP contribution in [0.2, 0.25) is 0 Å². The molecule has 0 atom stereocenters. The van der Waals surface area contributed by atoms with Crippen LogP contribution in [0, 0.1) is 0 Å². The standard InChI is InChI=1S/C22H24N6O3S2/c1-31-18-10-6-5-9-17(18)24-20-25-26-22(33-20)32-15-19(29)27-11-13-28(14-12-27)21(30)23-16-7-3-2-4-8-16/h2-10H,11-15H2,1H3,(H,23,30)(H,24,25). The number of amides is 3. The van der Waals surface area contributed by atoms with E-state index < -0.39 is 0 Å². The number of aromatic nitrogens is 2. The number of carbonyl (C=O) groups is 2. The van der Waals surface area contributed by atoms with Crippen LogP contribution in [0.5, 0.6) is 5.75 Å². The molecule has 2 N–H and O–H groups in total. The van der Waals surface area contributed by atoms with Gasteiger partial charge in [-0.05, 0) is 24.3 Å². The molecule has 3 amide bonds. The van der Waals surface area contributed by atoms with Crippen LogP contribution in [0.15, 0.2) is 58.9 Å². The molecule has 172 valence electrons. The fourth-order valence-electron chi connectivity index (χ4n) is 3.28. The number of carbonyl (C=O) groups excluding carboxylic acids is 2. The van der Waals surface area contributed by atoms with Crippen molar-refractivity contribution in [2.45, 2.75) is 4.34 Å². The maximum atomic E-state index is 12.6. The highest BCUT2D eigenvalue weighted by molar-refractivity contribution is 8.01. The molecule has 1 aliphatic heterocycles. The summed E-state index contributed by atoms with van der Waals surface area (Å²) in [6.45, 7) is 2.03. The molecule has 4 rings (SSSR count). The number of rotatable bonds is 7. The Morgan fingerprint density at radius 1 is 1.00 bits per heavy atom. The summed E-state index contributed by atoms with van der Waals surface area (Å²) in [6.07, 6.45) is 0. The van der Waals surface area contributed by atoms with E-state index in [1.807, 2.05) is 54.6 Å². The number of benzene rings is 2. The third-order valence-corrected chi connectivity index (χ3v) is 6.98. The molecule has 1 aromatic heterocycles. The summed E-state index contributed by atoms with van der Waals surface area (Å²) in [5.74, 6) is 1.02. The molecule has 0 unspecified atom stereocenters. The largest absolute Gasteiger partial charge is 0.495 e. The highest BCUT2D eigenvalue weighted by Crippen LogP contribution is 2.31. The van der Waals surface area contributed by atoms with Gasteiger partial charge in [0.15, 0.2) is 4.34 Å². The van der Waals surface area contributed by atoms with E-state index in [-0.39, 0.29) is 17.7 Å². The van der Waals surface area contributed by atoms with Gasteiger partial charge in [0.25, 0.3) is 0 Å². The lowest BCUT2D eigenvalue weighted by atomic mass is 10.3. The second-order valence-electron chi connectivity index (χ2n) is 7.15. The van der Waals surface area contributed by atoms with Crippen molar-refractivity contribution in [1.82, 2.24) is 20.0 Å². The Bertz CT molecular complexity index is 1090. The summed E-state index contributed by atoms with van der Waals surface area (Å²) in [5, 5.41) is 15.0. The van der Waals surface area contributed by atoms with Gasteiger partial charge in [0.1, 0.15) is 5.75 Å². The first-order valence-electron chi connectivity index (χ1n) is 10.4. The van der Waals surface area contributed by atoms with Gasteiger partial charge in [-0.1, -0.05) is 53.4 Å². The molecular formula is C22H24N6O3S2. The van der Waals surface area contributed by atoms with Crippen LogP contribution in [0.25, 0.3) is 0 Å². The van der Waals surface area contributed by atoms with Crippen LogP contribution in [0.1, 0.15) is 0 Å². The number of hydrogen-bond donors (Lipinski definition) is 2. The lowest BCUT2D eigenvalue weighted by Crippen LogP contribution is -2.52. The number of methoxy groups -OCH3 is 1. The molecule has 11 heteroatoms. The average molecular weight is 485 g/mol. The fraction of sp³-hybridized carbons (Fsp3) is 0.273. The van der Waals surface area contributed by atoms with Crippen molar-refractivity contribution in [3.63, 3.8) is 0 Å². The summed E-state index contributed by atoms with van der Waals surface area (Å²) >= 11 is 2.74. The van der Waals surface area contributed by atoms with E-state index in [0.717, 1.165) is 11.4 Å². The van der Waals surface area contributed by atoms with Crippen LogP contribution in [0.3, 0.4) is 0 Å². The molecule has 2 heterocycles. The highest BCUT2D eigenvalue weighted by atomic mass is 32.2. The zero-order valence-electron chi connectivity index (χ0n) is 18.1. The Morgan fingerprint density at radius 3 is 2.45 bits per heavy atom. The van der Waals surface area contributed by atoms with Crippen LogP contribution >= 0.6 is 23.1 Å². The molecule has 1 fully saturated rings. The Balaban J connectivity index is 1.22. The van der Waals surface area contributed by atoms with Crippen LogP contribution in [-0.2, 0) is 4.79 Å². The minimum Gasteiger partial charge on any atom is -0.495 e. The Hall–Kier alpha value is -3.31. The van der Waals surface area contributed by atoms with Gasteiger partial charge in [0.05, 0.1) is 18.6 Å². The Labute approximate surface area is 200 Å². The predicted molar refractivity (Wildman–Crippen MR) is 131 cm³/mol. The van der Waals surface area contributed by atoms with Gasteiger partial charge in [0.2, 0.25) is 11.0 Å². The number of nitrogens with zero attached hydrogens (tertiary/aromatic N) is 4. The molecular weight excluding hydrogens is 460 g/mol. The molecule has 1 saturated heterocycles. The summed E-state index contributed by atoms with van der Waals surface area (Å²) in [4.78, 5) is 28.6. The summed E-state index contributed by atoms with van der Waals surface area (Å²) in [6, 6.07) is 16.8. The minimum atomic E-state index is -0.147. The lowest BCUT2D eigenvalue weighted by molar-refractivity contribution is -0.129. The molecule has 0 radical (unpaired) electrons. The maximum Gasteiger partial charge on any atom is 0.321 e. The maximum absolute atomic E-state index is 12.6. The number of anilines is 3. The third-order valence-electron chi connectivity index (χ3n) is 5.02. The molecule has 0 spiro atoms. The average Bonchev–Trinajstić information content (AvgIpc) is 3.31. The quantitative estimate of drug-likeness (QED) is 0.493. The number of hydrogen-bond acceptors (Lipinski definition) is 8. The van der Waals surface area contributed by atoms with Crippen LogP contribution in [0.4, 0.5) is 21.3 Å². The zero-order valence-corrected chi connectivity index (χ0v) is 19.7. The fourth-order valence-corrected chi connectivity index (χ4v) is 4.95. The number of piperazine rings is 1. The first-order chi connectivity index (χ1) is 16.1. The first kappa shape index (κ1) is 22.9. The molecule has 1 aliphatic rings. The number of nitrogens with one attached hydrogen (secondary N) is 2. The number of para-hydroxylation sites is 3. The monoisotopic (exact) mass is 484 g/mol. The van der Waals surface area contributed by atoms with Crippen molar-refractivity contribution in [3.05, 3.63) is 54.6 Å². The SMILES string of the molecule is COc1ccccc1Nc1nnc(SCC(=O)N2CCN(C(=O)Nc3ccccc3)CC2)s1. The number of thioether (sulfide) groups is 1. The number of ether oxygens (including phenoxy) is 1. The van der Waals surface area contributed by atoms with Gasteiger partial charge in [-0.15, -0.1) is 10.2 Å². The summed E-state index contributed by atoms with van der Waals surface area (Å²) in [5.41, 5.74) is 1.56. The van der Waals surface area contributed by atoms with Gasteiger partial charge in [0, 0.05) is 31.9 Å². The van der Waals surface area contributed by atoms with E-state index in [1.54, 1.807) is 16.9 Å². The summed E-state index contributed by atoms with van der Waals surface area (Å²) in [7, 11) is 1.61. The van der Waals surface area contributed by atoms with Crippen molar-refractivity contribution < 1.29 is 14.3 Å². The smallest absolute Gasteiger partial charge is 0.321 e.